The summed E-state index contributed by atoms with van der Waals surface area (Å²) in [5.74, 6) is -0.263. The number of benzene rings is 1. The van der Waals surface area contributed by atoms with E-state index in [4.69, 9.17) is 10.3 Å². The number of anilines is 1. The first kappa shape index (κ1) is 8.68. The summed E-state index contributed by atoms with van der Waals surface area (Å²) in [7, 11) is 0. The number of rotatable bonds is 1. The van der Waals surface area contributed by atoms with Crippen LogP contribution in [0.5, 0.6) is 0 Å². The van der Waals surface area contributed by atoms with Crippen molar-refractivity contribution in [1.29, 1.82) is 0 Å². The summed E-state index contributed by atoms with van der Waals surface area (Å²) in [6.45, 7) is 1.67. The van der Waals surface area contributed by atoms with Gasteiger partial charge in [-0.15, -0.1) is 0 Å². The summed E-state index contributed by atoms with van der Waals surface area (Å²) >= 11 is 0. The summed E-state index contributed by atoms with van der Waals surface area (Å²) in [5.41, 5.74) is 6.07. The number of nitrogens with two attached hydrogens (primary N) is 1. The number of nitrogen functional groups attached to an aromatic ring is 1. The molecule has 0 saturated heterocycles. The first-order valence-corrected chi connectivity index (χ1v) is 4.03. The Labute approximate surface area is 79.5 Å². The Balaban J connectivity index is 2.57. The molecule has 2 N–H and O–H groups in total. The van der Waals surface area contributed by atoms with E-state index in [1.807, 2.05) is 0 Å². The monoisotopic (exact) mass is 193 g/mol. The van der Waals surface area contributed by atoms with Crippen LogP contribution >= 0.6 is 0 Å². The molecule has 2 rings (SSSR count). The van der Waals surface area contributed by atoms with Crippen molar-refractivity contribution < 1.29 is 8.91 Å². The second kappa shape index (κ2) is 3.10. The summed E-state index contributed by atoms with van der Waals surface area (Å²) in [6.07, 6.45) is 0. The summed E-state index contributed by atoms with van der Waals surface area (Å²) < 4.78 is 18.3. The van der Waals surface area contributed by atoms with E-state index in [9.17, 15) is 4.39 Å². The molecule has 0 fully saturated rings. The molecule has 0 aliphatic rings. The average molecular weight is 193 g/mol. The van der Waals surface area contributed by atoms with Crippen LogP contribution < -0.4 is 5.73 Å². The highest BCUT2D eigenvalue weighted by atomic mass is 19.1. The third-order valence-corrected chi connectivity index (χ3v) is 1.86. The maximum Gasteiger partial charge on any atom is 0.262 e. The van der Waals surface area contributed by atoms with Crippen molar-refractivity contribution in [3.8, 4) is 11.5 Å². The summed E-state index contributed by atoms with van der Waals surface area (Å²) in [6, 6.07) is 4.95. The first-order valence-electron chi connectivity index (χ1n) is 4.03. The third-order valence-electron chi connectivity index (χ3n) is 1.86. The van der Waals surface area contributed by atoms with E-state index in [-0.39, 0.29) is 23.2 Å². The maximum absolute atomic E-state index is 13.5. The van der Waals surface area contributed by atoms with Gasteiger partial charge in [0.1, 0.15) is 5.82 Å². The Morgan fingerprint density at radius 1 is 1.43 bits per heavy atom. The smallest absolute Gasteiger partial charge is 0.262 e. The predicted octanol–water partition coefficient (Wildman–Crippen LogP) is 1.77. The van der Waals surface area contributed by atoms with Gasteiger partial charge in [-0.3, -0.25) is 0 Å². The highest BCUT2D eigenvalue weighted by molar-refractivity contribution is 5.56. The second-order valence-corrected chi connectivity index (χ2v) is 2.89. The predicted molar refractivity (Wildman–Crippen MR) is 48.8 cm³/mol. The quantitative estimate of drug-likeness (QED) is 0.749. The van der Waals surface area contributed by atoms with E-state index in [0.717, 1.165) is 0 Å². The lowest BCUT2D eigenvalue weighted by atomic mass is 10.1. The number of hydrogen-bond acceptors (Lipinski definition) is 4. The Morgan fingerprint density at radius 3 is 2.86 bits per heavy atom. The number of hydrogen-bond donors (Lipinski definition) is 1. The number of aromatic nitrogens is 2. The second-order valence-electron chi connectivity index (χ2n) is 2.89. The van der Waals surface area contributed by atoms with E-state index < -0.39 is 0 Å². The van der Waals surface area contributed by atoms with Crippen molar-refractivity contribution in [3.05, 3.63) is 29.6 Å². The summed E-state index contributed by atoms with van der Waals surface area (Å²) in [5, 5.41) is 3.39. The molecule has 5 heteroatoms. The van der Waals surface area contributed by atoms with Gasteiger partial charge in [0.2, 0.25) is 0 Å². The molecule has 4 nitrogen and oxygen atoms in total. The van der Waals surface area contributed by atoms with Gasteiger partial charge in [0, 0.05) is 0 Å². The molecule has 0 amide bonds. The zero-order valence-corrected chi connectivity index (χ0v) is 7.49. The molecule has 0 unspecified atom stereocenters. The molecule has 2 aromatic rings. The van der Waals surface area contributed by atoms with Gasteiger partial charge in [-0.05, 0) is 23.7 Å². The summed E-state index contributed by atoms with van der Waals surface area (Å²) in [4.78, 5) is 3.74. The molecule has 0 saturated carbocycles. The Kier molecular flexibility index (Phi) is 1.92. The largest absolute Gasteiger partial charge is 0.365 e. The standard InChI is InChI=1S/C9H8FN3O/c1-5-3-2-4-6(7(5)10)8-12-9(11)13-14-8/h2-4H,1H3,(H2,11,13). The Bertz CT molecular complexity index is 467. The zero-order chi connectivity index (χ0) is 10.1. The molecule has 14 heavy (non-hydrogen) atoms. The van der Waals surface area contributed by atoms with Gasteiger partial charge in [0.05, 0.1) is 5.56 Å². The highest BCUT2D eigenvalue weighted by Crippen LogP contribution is 2.23. The van der Waals surface area contributed by atoms with Gasteiger partial charge < -0.3 is 10.3 Å². The minimum Gasteiger partial charge on any atom is -0.365 e. The van der Waals surface area contributed by atoms with E-state index >= 15 is 0 Å². The van der Waals surface area contributed by atoms with E-state index in [1.54, 1.807) is 25.1 Å². The van der Waals surface area contributed by atoms with Crippen LogP contribution in [0.15, 0.2) is 22.7 Å². The topological polar surface area (TPSA) is 64.9 Å². The van der Waals surface area contributed by atoms with Crippen molar-refractivity contribution in [1.82, 2.24) is 10.1 Å². The lowest BCUT2D eigenvalue weighted by Crippen LogP contribution is -1.89. The van der Waals surface area contributed by atoms with Gasteiger partial charge in [-0.2, -0.15) is 4.98 Å². The van der Waals surface area contributed by atoms with Crippen molar-refractivity contribution >= 4 is 5.95 Å². The minimum atomic E-state index is -0.365. The lowest BCUT2D eigenvalue weighted by Gasteiger charge is -1.99. The van der Waals surface area contributed by atoms with Crippen LogP contribution in [0.4, 0.5) is 10.3 Å². The molecule has 1 heterocycles. The molecule has 0 aliphatic heterocycles. The molecule has 0 spiro atoms. The average Bonchev–Trinajstić information content (AvgIpc) is 2.57. The van der Waals surface area contributed by atoms with Crippen molar-refractivity contribution in [2.24, 2.45) is 0 Å². The fourth-order valence-electron chi connectivity index (χ4n) is 1.16. The fourth-order valence-corrected chi connectivity index (χ4v) is 1.16. The van der Waals surface area contributed by atoms with Gasteiger partial charge in [0.15, 0.2) is 0 Å². The number of aryl methyl sites for hydroxylation is 1. The maximum atomic E-state index is 13.5. The first-order chi connectivity index (χ1) is 6.68. The highest BCUT2D eigenvalue weighted by Gasteiger charge is 2.12. The third kappa shape index (κ3) is 1.32. The molecule has 72 valence electrons. The van der Waals surface area contributed by atoms with E-state index in [0.29, 0.717) is 5.56 Å². The van der Waals surface area contributed by atoms with Crippen LogP contribution in [0.25, 0.3) is 11.5 Å². The molecular weight excluding hydrogens is 185 g/mol. The van der Waals surface area contributed by atoms with Crippen LogP contribution in [0.3, 0.4) is 0 Å². The fraction of sp³-hybridized carbons (Fsp3) is 0.111. The number of halogens is 1. The van der Waals surface area contributed by atoms with Crippen LogP contribution in [0, 0.1) is 12.7 Å². The SMILES string of the molecule is Cc1cccc(-c2nc(N)no2)c1F. The lowest BCUT2D eigenvalue weighted by molar-refractivity contribution is 0.430. The van der Waals surface area contributed by atoms with Crippen molar-refractivity contribution in [3.63, 3.8) is 0 Å². The van der Waals surface area contributed by atoms with Gasteiger partial charge in [0.25, 0.3) is 11.8 Å². The Hall–Kier alpha value is -1.91. The van der Waals surface area contributed by atoms with Gasteiger partial charge in [-0.1, -0.05) is 12.1 Å². The minimum absolute atomic E-state index is 0.000839. The molecular formula is C9H8FN3O. The van der Waals surface area contributed by atoms with Crippen molar-refractivity contribution in [2.75, 3.05) is 5.73 Å². The normalized spacial score (nSPS) is 10.4. The van der Waals surface area contributed by atoms with Gasteiger partial charge in [-0.25, -0.2) is 4.39 Å². The Morgan fingerprint density at radius 2 is 2.21 bits per heavy atom. The van der Waals surface area contributed by atoms with Crippen LogP contribution in [-0.2, 0) is 0 Å². The van der Waals surface area contributed by atoms with Crippen LogP contribution in [0.1, 0.15) is 5.56 Å². The van der Waals surface area contributed by atoms with E-state index in [2.05, 4.69) is 10.1 Å². The molecule has 0 atom stereocenters. The van der Waals surface area contributed by atoms with Crippen LogP contribution in [0.2, 0.25) is 0 Å². The molecule has 0 aliphatic carbocycles. The molecule has 1 aromatic heterocycles. The number of nitrogens with zero attached hydrogens (tertiary/aromatic N) is 2. The van der Waals surface area contributed by atoms with Crippen LogP contribution in [-0.4, -0.2) is 10.1 Å². The van der Waals surface area contributed by atoms with E-state index in [1.165, 1.54) is 0 Å². The molecule has 0 bridgehead atoms. The zero-order valence-electron chi connectivity index (χ0n) is 7.49. The van der Waals surface area contributed by atoms with Gasteiger partial charge >= 0.3 is 0 Å². The molecule has 1 aromatic carbocycles. The van der Waals surface area contributed by atoms with Crippen molar-refractivity contribution in [2.45, 2.75) is 6.92 Å². The molecule has 0 radical (unpaired) electrons.